The molecule has 1 aromatic heterocycles. The van der Waals surface area contributed by atoms with Crippen molar-refractivity contribution in [3.05, 3.63) is 44.4 Å². The van der Waals surface area contributed by atoms with Crippen LogP contribution in [0.5, 0.6) is 0 Å². The van der Waals surface area contributed by atoms with Crippen LogP contribution >= 0.6 is 39.7 Å². The summed E-state index contributed by atoms with van der Waals surface area (Å²) in [6.07, 6.45) is 1.93. The van der Waals surface area contributed by atoms with E-state index in [9.17, 15) is 0 Å². The van der Waals surface area contributed by atoms with E-state index in [2.05, 4.69) is 20.9 Å². The van der Waals surface area contributed by atoms with Gasteiger partial charge in [0.1, 0.15) is 0 Å². The van der Waals surface area contributed by atoms with Crippen molar-refractivity contribution in [3.8, 4) is 5.69 Å². The van der Waals surface area contributed by atoms with Gasteiger partial charge in [0.2, 0.25) is 0 Å². The largest absolute Gasteiger partial charge is 0.335 e. The summed E-state index contributed by atoms with van der Waals surface area (Å²) < 4.78 is 3.48. The lowest BCUT2D eigenvalue weighted by Crippen LogP contribution is -1.93. The standard InChI is InChI=1S/C10H8BrClN2S/c1-6-5-14(10(15)13-6)9-4-7(11)2-3-8(9)12/h2-5H,1H3,(H,13,15). The van der Waals surface area contributed by atoms with Crippen LogP contribution in [0.3, 0.4) is 0 Å². The lowest BCUT2D eigenvalue weighted by Gasteiger charge is -2.05. The minimum atomic E-state index is 0.646. The Morgan fingerprint density at radius 3 is 2.80 bits per heavy atom. The molecule has 0 spiro atoms. The van der Waals surface area contributed by atoms with Crippen molar-refractivity contribution in [2.45, 2.75) is 6.92 Å². The molecule has 0 atom stereocenters. The quantitative estimate of drug-likeness (QED) is 0.781. The Bertz CT molecular complexity index is 559. The molecule has 0 aliphatic heterocycles. The van der Waals surface area contributed by atoms with Crippen molar-refractivity contribution in [3.63, 3.8) is 0 Å². The van der Waals surface area contributed by atoms with Crippen LogP contribution in [0.2, 0.25) is 5.02 Å². The van der Waals surface area contributed by atoms with Gasteiger partial charge in [-0.3, -0.25) is 4.57 Å². The maximum absolute atomic E-state index is 6.11. The molecular weight excluding hydrogens is 296 g/mol. The molecular formula is C10H8BrClN2S. The molecule has 0 fully saturated rings. The van der Waals surface area contributed by atoms with Crippen LogP contribution in [0.4, 0.5) is 0 Å². The fourth-order valence-corrected chi connectivity index (χ4v) is 2.23. The predicted molar refractivity (Wildman–Crippen MR) is 68.4 cm³/mol. The number of rotatable bonds is 1. The molecule has 2 aromatic rings. The first-order valence-corrected chi connectivity index (χ1v) is 5.89. The molecule has 0 unspecified atom stereocenters. The zero-order valence-electron chi connectivity index (χ0n) is 7.92. The number of imidazole rings is 1. The lowest BCUT2D eigenvalue weighted by atomic mass is 10.3. The number of benzene rings is 1. The van der Waals surface area contributed by atoms with Crippen LogP contribution < -0.4 is 0 Å². The van der Waals surface area contributed by atoms with E-state index in [0.717, 1.165) is 15.9 Å². The third kappa shape index (κ3) is 2.17. The molecule has 2 rings (SSSR count). The highest BCUT2D eigenvalue weighted by Gasteiger charge is 2.05. The molecule has 78 valence electrons. The first kappa shape index (κ1) is 10.9. The van der Waals surface area contributed by atoms with E-state index in [0.29, 0.717) is 9.79 Å². The smallest absolute Gasteiger partial charge is 0.182 e. The molecule has 0 saturated heterocycles. The summed E-state index contributed by atoms with van der Waals surface area (Å²) in [4.78, 5) is 3.06. The van der Waals surface area contributed by atoms with Crippen molar-refractivity contribution in [1.82, 2.24) is 9.55 Å². The summed E-state index contributed by atoms with van der Waals surface area (Å²) in [7, 11) is 0. The third-order valence-electron chi connectivity index (χ3n) is 2.01. The highest BCUT2D eigenvalue weighted by Crippen LogP contribution is 2.25. The van der Waals surface area contributed by atoms with E-state index in [1.54, 1.807) is 0 Å². The van der Waals surface area contributed by atoms with E-state index in [4.69, 9.17) is 23.8 Å². The van der Waals surface area contributed by atoms with Crippen molar-refractivity contribution in [2.75, 3.05) is 0 Å². The second-order valence-electron chi connectivity index (χ2n) is 3.21. The van der Waals surface area contributed by atoms with Gasteiger partial charge in [0.25, 0.3) is 0 Å². The van der Waals surface area contributed by atoms with Crippen molar-refractivity contribution < 1.29 is 0 Å². The van der Waals surface area contributed by atoms with Gasteiger partial charge in [-0.2, -0.15) is 0 Å². The van der Waals surface area contributed by atoms with Gasteiger partial charge in [0.05, 0.1) is 10.7 Å². The minimum absolute atomic E-state index is 0.646. The molecule has 15 heavy (non-hydrogen) atoms. The van der Waals surface area contributed by atoms with E-state index in [1.165, 1.54) is 0 Å². The Labute approximate surface area is 106 Å². The minimum Gasteiger partial charge on any atom is -0.335 e. The SMILES string of the molecule is Cc1cn(-c2cc(Br)ccc2Cl)c(=S)[nH]1. The first-order valence-electron chi connectivity index (χ1n) is 4.31. The first-order chi connectivity index (χ1) is 7.08. The third-order valence-corrected chi connectivity index (χ3v) is 3.12. The van der Waals surface area contributed by atoms with Crippen LogP contribution in [-0.4, -0.2) is 9.55 Å². The van der Waals surface area contributed by atoms with Crippen molar-refractivity contribution in [1.29, 1.82) is 0 Å². The summed E-state index contributed by atoms with van der Waals surface area (Å²) >= 11 is 14.7. The van der Waals surface area contributed by atoms with Gasteiger partial charge in [-0.1, -0.05) is 27.5 Å². The van der Waals surface area contributed by atoms with Gasteiger partial charge in [-0.25, -0.2) is 0 Å². The number of aryl methyl sites for hydroxylation is 1. The number of halogens is 2. The van der Waals surface area contributed by atoms with Crippen LogP contribution in [0.25, 0.3) is 5.69 Å². The zero-order valence-corrected chi connectivity index (χ0v) is 11.1. The van der Waals surface area contributed by atoms with Gasteiger partial charge in [0.15, 0.2) is 4.77 Å². The normalized spacial score (nSPS) is 10.6. The molecule has 0 saturated carbocycles. The van der Waals surface area contributed by atoms with Crippen LogP contribution in [0, 0.1) is 11.7 Å². The number of hydrogen-bond donors (Lipinski definition) is 1. The Kier molecular flexibility index (Phi) is 3.00. The molecule has 1 aromatic carbocycles. The fraction of sp³-hybridized carbons (Fsp3) is 0.100. The number of nitrogens with zero attached hydrogens (tertiary/aromatic N) is 1. The predicted octanol–water partition coefficient (Wildman–Crippen LogP) is 4.26. The topological polar surface area (TPSA) is 20.7 Å². The summed E-state index contributed by atoms with van der Waals surface area (Å²) in [5.74, 6) is 0. The summed E-state index contributed by atoms with van der Waals surface area (Å²) in [6, 6.07) is 5.67. The van der Waals surface area contributed by atoms with Crippen molar-refractivity contribution >= 4 is 39.7 Å². The molecule has 5 heteroatoms. The Morgan fingerprint density at radius 1 is 1.47 bits per heavy atom. The van der Waals surface area contributed by atoms with Crippen molar-refractivity contribution in [2.24, 2.45) is 0 Å². The number of nitrogens with one attached hydrogen (secondary N) is 1. The molecule has 1 N–H and O–H groups in total. The Morgan fingerprint density at radius 2 is 2.20 bits per heavy atom. The molecule has 0 amide bonds. The maximum Gasteiger partial charge on any atom is 0.182 e. The molecule has 0 aliphatic carbocycles. The van der Waals surface area contributed by atoms with Crippen LogP contribution in [-0.2, 0) is 0 Å². The van der Waals surface area contributed by atoms with Gasteiger partial charge in [0, 0.05) is 16.4 Å². The molecule has 0 radical (unpaired) electrons. The summed E-state index contributed by atoms with van der Waals surface area (Å²) in [5, 5.41) is 0.674. The van der Waals surface area contributed by atoms with Crippen LogP contribution in [0.15, 0.2) is 28.9 Å². The average Bonchev–Trinajstić information content (AvgIpc) is 2.50. The van der Waals surface area contributed by atoms with E-state index >= 15 is 0 Å². The highest BCUT2D eigenvalue weighted by molar-refractivity contribution is 9.10. The van der Waals surface area contributed by atoms with E-state index in [-0.39, 0.29) is 0 Å². The van der Waals surface area contributed by atoms with Gasteiger partial charge < -0.3 is 4.98 Å². The highest BCUT2D eigenvalue weighted by atomic mass is 79.9. The number of aromatic nitrogens is 2. The van der Waals surface area contributed by atoms with Gasteiger partial charge in [-0.05, 0) is 37.3 Å². The van der Waals surface area contributed by atoms with Crippen LogP contribution in [0.1, 0.15) is 5.69 Å². The number of hydrogen-bond acceptors (Lipinski definition) is 1. The zero-order chi connectivity index (χ0) is 11.0. The monoisotopic (exact) mass is 302 g/mol. The molecule has 0 aliphatic rings. The summed E-state index contributed by atoms with van der Waals surface area (Å²) in [6.45, 7) is 1.96. The second kappa shape index (κ2) is 4.12. The molecule has 0 bridgehead atoms. The van der Waals surface area contributed by atoms with E-state index < -0.39 is 0 Å². The second-order valence-corrected chi connectivity index (χ2v) is 4.92. The average molecular weight is 304 g/mol. The molecule has 2 nitrogen and oxygen atoms in total. The lowest BCUT2D eigenvalue weighted by molar-refractivity contribution is 1.03. The van der Waals surface area contributed by atoms with Gasteiger partial charge >= 0.3 is 0 Å². The van der Waals surface area contributed by atoms with E-state index in [1.807, 2.05) is 35.9 Å². The maximum atomic E-state index is 6.11. The summed E-state index contributed by atoms with van der Waals surface area (Å²) in [5.41, 5.74) is 1.89. The number of aromatic amines is 1. The Hall–Kier alpha value is -0.580. The Balaban J connectivity index is 2.68. The van der Waals surface area contributed by atoms with Gasteiger partial charge in [-0.15, -0.1) is 0 Å². The molecule has 1 heterocycles. The fourth-order valence-electron chi connectivity index (χ4n) is 1.36. The number of H-pyrrole nitrogens is 1.